The maximum atomic E-state index is 13.0. The number of fused-ring (bicyclic) bond motifs is 1. The minimum Gasteiger partial charge on any atom is -0.497 e. The van der Waals surface area contributed by atoms with E-state index in [1.54, 1.807) is 36.3 Å². The molecule has 1 atom stereocenters. The van der Waals surface area contributed by atoms with Gasteiger partial charge in [-0.2, -0.15) is 0 Å². The van der Waals surface area contributed by atoms with Gasteiger partial charge in [-0.1, -0.05) is 24.0 Å². The highest BCUT2D eigenvalue weighted by atomic mass is 16.5. The molecule has 0 bridgehead atoms. The van der Waals surface area contributed by atoms with Crippen LogP contribution in [0.25, 0.3) is 0 Å². The predicted octanol–water partition coefficient (Wildman–Crippen LogP) is 1.30. The molecule has 1 fully saturated rings. The van der Waals surface area contributed by atoms with Gasteiger partial charge in [-0.3, -0.25) is 19.8 Å². The van der Waals surface area contributed by atoms with Gasteiger partial charge in [-0.05, 0) is 55.6 Å². The van der Waals surface area contributed by atoms with Gasteiger partial charge in [0.15, 0.2) is 5.54 Å². The van der Waals surface area contributed by atoms with Crippen molar-refractivity contribution >= 4 is 17.8 Å². The van der Waals surface area contributed by atoms with Crippen LogP contribution in [0, 0.1) is 11.8 Å². The number of urea groups is 1. The summed E-state index contributed by atoms with van der Waals surface area (Å²) in [4.78, 5) is 41.5. The van der Waals surface area contributed by atoms with E-state index in [0.717, 1.165) is 11.1 Å². The lowest BCUT2D eigenvalue weighted by Gasteiger charge is -2.31. The Labute approximate surface area is 186 Å². The molecule has 0 aromatic heterocycles. The number of benzene rings is 2. The van der Waals surface area contributed by atoms with Gasteiger partial charge in [0, 0.05) is 17.7 Å². The van der Waals surface area contributed by atoms with Crippen molar-refractivity contribution in [3.05, 3.63) is 64.7 Å². The summed E-state index contributed by atoms with van der Waals surface area (Å²) in [5, 5.41) is 5.06. The van der Waals surface area contributed by atoms with E-state index in [4.69, 9.17) is 4.74 Å². The zero-order chi connectivity index (χ0) is 22.9. The average molecular weight is 432 g/mol. The molecule has 2 aromatic rings. The first-order chi connectivity index (χ1) is 15.3. The number of methoxy groups -OCH3 is 1. The summed E-state index contributed by atoms with van der Waals surface area (Å²) in [5.41, 5.74) is 1.39. The second-order valence-electron chi connectivity index (χ2n) is 8.11. The third-order valence-corrected chi connectivity index (χ3v) is 5.57. The number of nitrogens with zero attached hydrogens (tertiary/aromatic N) is 2. The Morgan fingerprint density at radius 2 is 1.88 bits per heavy atom. The number of rotatable bonds is 5. The third-order valence-electron chi connectivity index (χ3n) is 5.57. The van der Waals surface area contributed by atoms with E-state index < -0.39 is 17.5 Å². The van der Waals surface area contributed by atoms with Crippen LogP contribution >= 0.6 is 0 Å². The molecular formula is C24H24N4O4. The van der Waals surface area contributed by atoms with Crippen molar-refractivity contribution in [3.8, 4) is 17.6 Å². The number of carbonyl (C=O) groups excluding carboxylic acids is 3. The van der Waals surface area contributed by atoms with Gasteiger partial charge in [-0.25, -0.2) is 4.79 Å². The number of ether oxygens (including phenoxy) is 1. The molecule has 2 aromatic carbocycles. The SMILES string of the molecule is COc1ccc2c(c1)CN(CC1(c3ccc(C#CCN(C)C)cc3)NC(=O)NC1=O)C2=O. The van der Waals surface area contributed by atoms with Gasteiger partial charge in [0.05, 0.1) is 20.2 Å². The standard InChI is InChI=1S/C24H24N4O4/c1-27(2)12-4-5-16-6-8-18(9-7-16)24(22(30)25-23(31)26-24)15-28-14-17-13-19(32-3)10-11-20(17)21(28)29/h6-11,13H,12,14-15H2,1-3H3,(H2,25,26,30,31). The van der Waals surface area contributed by atoms with Crippen molar-refractivity contribution in [2.24, 2.45) is 0 Å². The molecule has 8 heteroatoms. The van der Waals surface area contributed by atoms with Gasteiger partial charge < -0.3 is 15.0 Å². The Kier molecular flexibility index (Phi) is 5.59. The van der Waals surface area contributed by atoms with E-state index in [9.17, 15) is 14.4 Å². The number of hydrogen-bond acceptors (Lipinski definition) is 5. The van der Waals surface area contributed by atoms with E-state index >= 15 is 0 Å². The summed E-state index contributed by atoms with van der Waals surface area (Å²) in [5.74, 6) is 6.11. The predicted molar refractivity (Wildman–Crippen MR) is 118 cm³/mol. The van der Waals surface area contributed by atoms with Crippen molar-refractivity contribution in [2.45, 2.75) is 12.1 Å². The number of nitrogens with one attached hydrogen (secondary N) is 2. The van der Waals surface area contributed by atoms with Gasteiger partial charge in [0.2, 0.25) is 0 Å². The minimum absolute atomic E-state index is 0.00601. The molecule has 0 spiro atoms. The number of amides is 4. The number of imide groups is 1. The third kappa shape index (κ3) is 3.90. The van der Waals surface area contributed by atoms with Crippen LogP contribution in [-0.4, -0.2) is 61.9 Å². The molecule has 2 heterocycles. The van der Waals surface area contributed by atoms with Crippen molar-refractivity contribution in [2.75, 3.05) is 34.3 Å². The molecule has 1 unspecified atom stereocenters. The topological polar surface area (TPSA) is 91.0 Å². The van der Waals surface area contributed by atoms with E-state index in [2.05, 4.69) is 22.5 Å². The quantitative estimate of drug-likeness (QED) is 0.549. The molecule has 164 valence electrons. The molecular weight excluding hydrogens is 408 g/mol. The number of hydrogen-bond donors (Lipinski definition) is 2. The van der Waals surface area contributed by atoms with Gasteiger partial charge in [-0.15, -0.1) is 0 Å². The lowest BCUT2D eigenvalue weighted by molar-refractivity contribution is -0.124. The van der Waals surface area contributed by atoms with Crippen LogP contribution in [0.15, 0.2) is 42.5 Å². The zero-order valence-electron chi connectivity index (χ0n) is 18.2. The van der Waals surface area contributed by atoms with E-state index in [1.165, 1.54) is 0 Å². The van der Waals surface area contributed by atoms with Gasteiger partial charge in [0.25, 0.3) is 11.8 Å². The highest BCUT2D eigenvalue weighted by Gasteiger charge is 2.50. The molecule has 32 heavy (non-hydrogen) atoms. The molecule has 0 aliphatic carbocycles. The van der Waals surface area contributed by atoms with Crippen LogP contribution in [0.2, 0.25) is 0 Å². The fraction of sp³-hybridized carbons (Fsp3) is 0.292. The Hall–Kier alpha value is -3.83. The fourth-order valence-corrected chi connectivity index (χ4v) is 3.93. The van der Waals surface area contributed by atoms with Crippen molar-refractivity contribution in [1.82, 2.24) is 20.4 Å². The molecule has 2 aliphatic rings. The van der Waals surface area contributed by atoms with Crippen molar-refractivity contribution in [3.63, 3.8) is 0 Å². The van der Waals surface area contributed by atoms with Gasteiger partial charge >= 0.3 is 6.03 Å². The summed E-state index contributed by atoms with van der Waals surface area (Å²) in [6.45, 7) is 0.961. The Bertz CT molecular complexity index is 1150. The van der Waals surface area contributed by atoms with E-state index in [1.807, 2.05) is 37.2 Å². The summed E-state index contributed by atoms with van der Waals surface area (Å²) in [6.07, 6.45) is 0. The van der Waals surface area contributed by atoms with Crippen LogP contribution in [-0.2, 0) is 16.9 Å². The lowest BCUT2D eigenvalue weighted by Crippen LogP contribution is -2.52. The normalized spacial score (nSPS) is 19.4. The maximum Gasteiger partial charge on any atom is 0.322 e. The summed E-state index contributed by atoms with van der Waals surface area (Å²) in [7, 11) is 5.45. The van der Waals surface area contributed by atoms with Crippen LogP contribution in [0.1, 0.15) is 27.0 Å². The summed E-state index contributed by atoms with van der Waals surface area (Å²) < 4.78 is 5.25. The monoisotopic (exact) mass is 432 g/mol. The Morgan fingerprint density at radius 1 is 1.12 bits per heavy atom. The second kappa shape index (κ2) is 8.36. The molecule has 0 saturated carbocycles. The molecule has 4 rings (SSSR count). The first-order valence-electron chi connectivity index (χ1n) is 10.2. The van der Waals surface area contributed by atoms with Crippen LogP contribution < -0.4 is 15.4 Å². The van der Waals surface area contributed by atoms with E-state index in [-0.39, 0.29) is 12.5 Å². The van der Waals surface area contributed by atoms with Crippen molar-refractivity contribution < 1.29 is 19.1 Å². The van der Waals surface area contributed by atoms with E-state index in [0.29, 0.717) is 30.0 Å². The molecule has 0 radical (unpaired) electrons. The first-order valence-corrected chi connectivity index (χ1v) is 10.2. The highest BCUT2D eigenvalue weighted by molar-refractivity contribution is 6.08. The molecule has 2 aliphatic heterocycles. The highest BCUT2D eigenvalue weighted by Crippen LogP contribution is 2.32. The Morgan fingerprint density at radius 3 is 2.50 bits per heavy atom. The molecule has 4 amide bonds. The fourth-order valence-electron chi connectivity index (χ4n) is 3.93. The first kappa shape index (κ1) is 21.4. The zero-order valence-corrected chi connectivity index (χ0v) is 18.2. The maximum absolute atomic E-state index is 13.0. The smallest absolute Gasteiger partial charge is 0.322 e. The minimum atomic E-state index is -1.38. The summed E-state index contributed by atoms with van der Waals surface area (Å²) >= 11 is 0. The lowest BCUT2D eigenvalue weighted by atomic mass is 9.88. The number of carbonyl (C=O) groups is 3. The van der Waals surface area contributed by atoms with Gasteiger partial charge in [0.1, 0.15) is 5.75 Å². The second-order valence-corrected chi connectivity index (χ2v) is 8.11. The molecule has 1 saturated heterocycles. The molecule has 8 nitrogen and oxygen atoms in total. The Balaban J connectivity index is 1.62. The average Bonchev–Trinajstić information content (AvgIpc) is 3.23. The molecule has 2 N–H and O–H groups in total. The van der Waals surface area contributed by atoms with Crippen LogP contribution in [0.3, 0.4) is 0 Å². The van der Waals surface area contributed by atoms with Crippen LogP contribution in [0.4, 0.5) is 4.79 Å². The summed E-state index contributed by atoms with van der Waals surface area (Å²) in [6, 6.07) is 11.8. The largest absolute Gasteiger partial charge is 0.497 e. The van der Waals surface area contributed by atoms with Crippen LogP contribution in [0.5, 0.6) is 5.75 Å². The van der Waals surface area contributed by atoms with Crippen molar-refractivity contribution in [1.29, 1.82) is 0 Å².